The van der Waals surface area contributed by atoms with Crippen molar-refractivity contribution in [2.45, 2.75) is 51.4 Å². The van der Waals surface area contributed by atoms with Crippen LogP contribution < -0.4 is 5.32 Å². The molecule has 0 saturated carbocycles. The Balaban J connectivity index is 2.41. The molecule has 0 bridgehead atoms. The first kappa shape index (κ1) is 16.6. The van der Waals surface area contributed by atoms with Gasteiger partial charge in [0.15, 0.2) is 0 Å². The van der Waals surface area contributed by atoms with Gasteiger partial charge in [0.2, 0.25) is 0 Å². The molecule has 1 rings (SSSR count). The van der Waals surface area contributed by atoms with E-state index in [-0.39, 0.29) is 25.9 Å². The van der Waals surface area contributed by atoms with Crippen molar-refractivity contribution < 1.29 is 27.5 Å². The van der Waals surface area contributed by atoms with Gasteiger partial charge < -0.3 is 15.0 Å². The van der Waals surface area contributed by atoms with Crippen molar-refractivity contribution in [2.75, 3.05) is 13.1 Å². The third-order valence-corrected chi connectivity index (χ3v) is 2.74. The fraction of sp³-hybridized carbons (Fsp3) is 0.833. The van der Waals surface area contributed by atoms with Crippen molar-refractivity contribution in [2.24, 2.45) is 0 Å². The summed E-state index contributed by atoms with van der Waals surface area (Å²) >= 11 is 0. The maximum absolute atomic E-state index is 12.1. The average molecular weight is 296 g/mol. The minimum absolute atomic E-state index is 0.262. The standard InChI is InChI=1S/C12H19F3N2O3/c1-11(2,3)20-10(19)17-6-4-8(5-7-17)16-9(18)12(13,14)15/h8H,4-7H2,1-3H3,(H,16,18). The Morgan fingerprint density at radius 2 is 1.65 bits per heavy atom. The van der Waals surface area contributed by atoms with Crippen molar-refractivity contribution in [1.29, 1.82) is 0 Å². The molecule has 1 saturated heterocycles. The van der Waals surface area contributed by atoms with Crippen LogP contribution in [0.2, 0.25) is 0 Å². The van der Waals surface area contributed by atoms with Crippen LogP contribution in [0.1, 0.15) is 33.6 Å². The number of carbonyl (C=O) groups is 2. The van der Waals surface area contributed by atoms with Crippen molar-refractivity contribution in [3.05, 3.63) is 0 Å². The van der Waals surface area contributed by atoms with E-state index in [0.29, 0.717) is 0 Å². The molecule has 5 nitrogen and oxygen atoms in total. The summed E-state index contributed by atoms with van der Waals surface area (Å²) < 4.78 is 41.5. The van der Waals surface area contributed by atoms with Gasteiger partial charge in [-0.25, -0.2) is 4.79 Å². The summed E-state index contributed by atoms with van der Waals surface area (Å²) in [6.07, 6.45) is -4.80. The van der Waals surface area contributed by atoms with E-state index in [0.717, 1.165) is 0 Å². The van der Waals surface area contributed by atoms with Crippen LogP contribution in [-0.2, 0) is 9.53 Å². The lowest BCUT2D eigenvalue weighted by Crippen LogP contribution is -2.50. The van der Waals surface area contributed by atoms with Gasteiger partial charge >= 0.3 is 18.2 Å². The van der Waals surface area contributed by atoms with Gasteiger partial charge in [-0.05, 0) is 33.6 Å². The van der Waals surface area contributed by atoms with Crippen LogP contribution in [-0.4, -0.2) is 47.8 Å². The molecule has 8 heteroatoms. The molecule has 1 heterocycles. The zero-order valence-electron chi connectivity index (χ0n) is 11.7. The number of ether oxygens (including phenoxy) is 1. The van der Waals surface area contributed by atoms with Gasteiger partial charge in [0.05, 0.1) is 0 Å². The molecule has 0 aliphatic carbocycles. The average Bonchev–Trinajstić information content (AvgIpc) is 2.26. The van der Waals surface area contributed by atoms with E-state index in [2.05, 4.69) is 0 Å². The van der Waals surface area contributed by atoms with E-state index < -0.39 is 29.8 Å². The maximum atomic E-state index is 12.1. The van der Waals surface area contributed by atoms with E-state index in [4.69, 9.17) is 4.74 Å². The lowest BCUT2D eigenvalue weighted by molar-refractivity contribution is -0.174. The van der Waals surface area contributed by atoms with Gasteiger partial charge in [-0.2, -0.15) is 13.2 Å². The lowest BCUT2D eigenvalue weighted by Gasteiger charge is -2.33. The van der Waals surface area contributed by atoms with Crippen LogP contribution in [0.15, 0.2) is 0 Å². The summed E-state index contributed by atoms with van der Waals surface area (Å²) in [6, 6.07) is -0.567. The highest BCUT2D eigenvalue weighted by atomic mass is 19.4. The minimum Gasteiger partial charge on any atom is -0.444 e. The van der Waals surface area contributed by atoms with Crippen molar-refractivity contribution in [1.82, 2.24) is 10.2 Å². The third-order valence-electron chi connectivity index (χ3n) is 2.74. The third kappa shape index (κ3) is 5.26. The Morgan fingerprint density at radius 1 is 1.15 bits per heavy atom. The molecule has 0 aromatic rings. The van der Waals surface area contributed by atoms with E-state index in [1.807, 2.05) is 5.32 Å². The van der Waals surface area contributed by atoms with Crippen LogP contribution >= 0.6 is 0 Å². The molecule has 1 N–H and O–H groups in total. The van der Waals surface area contributed by atoms with E-state index >= 15 is 0 Å². The number of carbonyl (C=O) groups excluding carboxylic acids is 2. The number of halogens is 3. The maximum Gasteiger partial charge on any atom is 0.471 e. The van der Waals surface area contributed by atoms with Gasteiger partial charge in [-0.1, -0.05) is 0 Å². The zero-order valence-corrected chi connectivity index (χ0v) is 11.7. The second-order valence-electron chi connectivity index (χ2n) is 5.71. The van der Waals surface area contributed by atoms with Gasteiger partial charge in [0.1, 0.15) is 5.60 Å². The van der Waals surface area contributed by atoms with Gasteiger partial charge in [-0.15, -0.1) is 0 Å². The summed E-state index contributed by atoms with van der Waals surface area (Å²) in [4.78, 5) is 24.0. The van der Waals surface area contributed by atoms with Crippen molar-refractivity contribution >= 4 is 12.0 Å². The van der Waals surface area contributed by atoms with E-state index in [9.17, 15) is 22.8 Å². The molecule has 0 radical (unpaired) electrons. The molecule has 0 aromatic carbocycles. The fourth-order valence-corrected chi connectivity index (χ4v) is 1.80. The normalized spacial score (nSPS) is 17.8. The van der Waals surface area contributed by atoms with Crippen molar-refractivity contribution in [3.63, 3.8) is 0 Å². The Morgan fingerprint density at radius 3 is 2.05 bits per heavy atom. The summed E-state index contributed by atoms with van der Waals surface area (Å²) in [5, 5.41) is 1.92. The van der Waals surface area contributed by atoms with Gasteiger partial charge in [-0.3, -0.25) is 4.79 Å². The lowest BCUT2D eigenvalue weighted by atomic mass is 10.1. The summed E-state index contributed by atoms with van der Waals surface area (Å²) in [7, 11) is 0. The largest absolute Gasteiger partial charge is 0.471 e. The Labute approximate surface area is 115 Å². The quantitative estimate of drug-likeness (QED) is 0.806. The smallest absolute Gasteiger partial charge is 0.444 e. The molecule has 1 aliphatic rings. The highest BCUT2D eigenvalue weighted by Gasteiger charge is 2.40. The number of nitrogens with one attached hydrogen (secondary N) is 1. The SMILES string of the molecule is CC(C)(C)OC(=O)N1CCC(NC(=O)C(F)(F)F)CC1. The number of hydrogen-bond acceptors (Lipinski definition) is 3. The second kappa shape index (κ2) is 5.88. The number of likely N-dealkylation sites (tertiary alicyclic amines) is 1. The molecule has 0 atom stereocenters. The number of alkyl halides is 3. The van der Waals surface area contributed by atoms with Crippen LogP contribution in [0.4, 0.5) is 18.0 Å². The number of hydrogen-bond donors (Lipinski definition) is 1. The highest BCUT2D eigenvalue weighted by Crippen LogP contribution is 2.18. The predicted octanol–water partition coefficient (Wildman–Crippen LogP) is 2.06. The first-order chi connectivity index (χ1) is 8.99. The molecule has 2 amide bonds. The molecule has 0 spiro atoms. The Hall–Kier alpha value is -1.47. The van der Waals surface area contributed by atoms with E-state index in [1.54, 1.807) is 20.8 Å². The minimum atomic E-state index is -4.87. The number of amides is 2. The van der Waals surface area contributed by atoms with Crippen LogP contribution in [0.25, 0.3) is 0 Å². The number of rotatable bonds is 1. The van der Waals surface area contributed by atoms with Crippen LogP contribution in [0.3, 0.4) is 0 Å². The Kier molecular flexibility index (Phi) is 4.88. The van der Waals surface area contributed by atoms with Crippen LogP contribution in [0.5, 0.6) is 0 Å². The molecule has 1 aliphatic heterocycles. The topological polar surface area (TPSA) is 58.6 Å². The number of piperidine rings is 1. The molecule has 1 fully saturated rings. The Bertz CT molecular complexity index is 369. The van der Waals surface area contributed by atoms with E-state index in [1.165, 1.54) is 4.90 Å². The number of nitrogens with zero attached hydrogens (tertiary/aromatic N) is 1. The van der Waals surface area contributed by atoms with Gasteiger partial charge in [0.25, 0.3) is 0 Å². The van der Waals surface area contributed by atoms with Crippen molar-refractivity contribution in [3.8, 4) is 0 Å². The summed E-state index contributed by atoms with van der Waals surface area (Å²) in [6.45, 7) is 5.74. The molecule has 0 aromatic heterocycles. The fourth-order valence-electron chi connectivity index (χ4n) is 1.80. The predicted molar refractivity (Wildman–Crippen MR) is 65.0 cm³/mol. The summed E-state index contributed by atoms with van der Waals surface area (Å²) in [5.74, 6) is -1.94. The molecular formula is C12H19F3N2O3. The van der Waals surface area contributed by atoms with Crippen LogP contribution in [0, 0.1) is 0 Å². The highest BCUT2D eigenvalue weighted by molar-refractivity contribution is 5.82. The first-order valence-electron chi connectivity index (χ1n) is 6.34. The molecular weight excluding hydrogens is 277 g/mol. The first-order valence-corrected chi connectivity index (χ1v) is 6.34. The summed E-state index contributed by atoms with van der Waals surface area (Å²) in [5.41, 5.74) is -0.613. The second-order valence-corrected chi connectivity index (χ2v) is 5.71. The van der Waals surface area contributed by atoms with Gasteiger partial charge in [0, 0.05) is 19.1 Å². The molecule has 20 heavy (non-hydrogen) atoms. The molecule has 116 valence electrons. The zero-order chi connectivity index (χ0) is 15.6. The monoisotopic (exact) mass is 296 g/mol. The molecule has 0 unspecified atom stereocenters.